The van der Waals surface area contributed by atoms with E-state index in [4.69, 9.17) is 9.47 Å². The van der Waals surface area contributed by atoms with E-state index in [1.807, 2.05) is 6.92 Å². The molecule has 1 saturated heterocycles. The van der Waals surface area contributed by atoms with E-state index in [9.17, 15) is 15.0 Å². The molecule has 0 radical (unpaired) electrons. The lowest BCUT2D eigenvalue weighted by Crippen LogP contribution is -2.46. The van der Waals surface area contributed by atoms with Gasteiger partial charge in [0.2, 0.25) is 0 Å². The number of aliphatic hydroxyl groups excluding tert-OH is 1. The molecular formula is C14H20O5. The van der Waals surface area contributed by atoms with Gasteiger partial charge in [0.15, 0.2) is 17.2 Å². The largest absolute Gasteiger partial charge is 0.385 e. The monoisotopic (exact) mass is 268 g/mol. The maximum Gasteiger partial charge on any atom is 0.195 e. The van der Waals surface area contributed by atoms with E-state index in [1.165, 1.54) is 6.92 Å². The highest BCUT2D eigenvalue weighted by Gasteiger charge is 2.54. The molecule has 1 spiro atoms. The zero-order valence-corrected chi connectivity index (χ0v) is 11.3. The lowest BCUT2D eigenvalue weighted by molar-refractivity contribution is -0.277. The van der Waals surface area contributed by atoms with Crippen molar-refractivity contribution in [2.75, 3.05) is 6.61 Å². The number of ketones is 1. The Balaban J connectivity index is 1.89. The summed E-state index contributed by atoms with van der Waals surface area (Å²) >= 11 is 0. The molecule has 0 aromatic rings. The number of hydrogen-bond donors (Lipinski definition) is 2. The summed E-state index contributed by atoms with van der Waals surface area (Å²) < 4.78 is 11.7. The Labute approximate surface area is 112 Å². The van der Waals surface area contributed by atoms with Crippen LogP contribution in [0.3, 0.4) is 0 Å². The lowest BCUT2D eigenvalue weighted by Gasteiger charge is -2.43. The minimum absolute atomic E-state index is 0.116. The van der Waals surface area contributed by atoms with E-state index in [1.54, 1.807) is 0 Å². The number of carbonyl (C=O) groups is 1. The van der Waals surface area contributed by atoms with E-state index < -0.39 is 23.3 Å². The maximum atomic E-state index is 12.0. The first kappa shape index (κ1) is 13.2. The summed E-state index contributed by atoms with van der Waals surface area (Å²) in [5, 5.41) is 20.2. The van der Waals surface area contributed by atoms with Crippen molar-refractivity contribution in [3.05, 3.63) is 11.1 Å². The van der Waals surface area contributed by atoms with E-state index in [-0.39, 0.29) is 12.7 Å². The third-order valence-corrected chi connectivity index (χ3v) is 4.51. The Morgan fingerprint density at radius 3 is 2.84 bits per heavy atom. The highest BCUT2D eigenvalue weighted by Crippen LogP contribution is 2.45. The second-order valence-electron chi connectivity index (χ2n) is 6.08. The van der Waals surface area contributed by atoms with Crippen molar-refractivity contribution >= 4 is 5.78 Å². The van der Waals surface area contributed by atoms with Gasteiger partial charge in [0.25, 0.3) is 0 Å². The molecule has 0 amide bonds. The van der Waals surface area contributed by atoms with Crippen LogP contribution in [0, 0.1) is 0 Å². The Kier molecular flexibility index (Phi) is 2.87. The maximum absolute atomic E-state index is 12.0. The third-order valence-electron chi connectivity index (χ3n) is 4.51. The summed E-state index contributed by atoms with van der Waals surface area (Å²) in [6.07, 6.45) is 2.11. The summed E-state index contributed by atoms with van der Waals surface area (Å²) in [5.41, 5.74) is -0.708. The summed E-state index contributed by atoms with van der Waals surface area (Å²) in [6, 6.07) is 0. The van der Waals surface area contributed by atoms with Gasteiger partial charge in [0, 0.05) is 18.4 Å². The van der Waals surface area contributed by atoms with Crippen molar-refractivity contribution in [2.45, 2.75) is 63.1 Å². The van der Waals surface area contributed by atoms with Gasteiger partial charge in [-0.2, -0.15) is 0 Å². The Morgan fingerprint density at radius 2 is 2.16 bits per heavy atom. The SMILES string of the molecule is CC1CCCC2(CC3=C(CO2)C(=O)C(C)(O)C3O)O1. The molecular weight excluding hydrogens is 248 g/mol. The molecule has 4 atom stereocenters. The van der Waals surface area contributed by atoms with Crippen molar-refractivity contribution < 1.29 is 24.5 Å². The van der Waals surface area contributed by atoms with Gasteiger partial charge in [-0.25, -0.2) is 0 Å². The highest BCUT2D eigenvalue weighted by atomic mass is 16.7. The minimum atomic E-state index is -1.72. The van der Waals surface area contributed by atoms with E-state index in [2.05, 4.69) is 0 Å². The van der Waals surface area contributed by atoms with Crippen molar-refractivity contribution in [1.29, 1.82) is 0 Å². The second kappa shape index (κ2) is 4.12. The van der Waals surface area contributed by atoms with Crippen LogP contribution in [0.5, 0.6) is 0 Å². The Hall–Kier alpha value is -0.750. The molecule has 106 valence electrons. The van der Waals surface area contributed by atoms with E-state index in [0.29, 0.717) is 17.6 Å². The molecule has 0 aromatic carbocycles. The molecule has 4 unspecified atom stereocenters. The molecule has 0 saturated carbocycles. The highest BCUT2D eigenvalue weighted by molar-refractivity contribution is 6.06. The van der Waals surface area contributed by atoms with Gasteiger partial charge in [0.05, 0.1) is 12.7 Å². The molecule has 2 aliphatic heterocycles. The van der Waals surface area contributed by atoms with Crippen LogP contribution in [0.1, 0.15) is 39.5 Å². The molecule has 5 nitrogen and oxygen atoms in total. The molecule has 0 aromatic heterocycles. The van der Waals surface area contributed by atoms with Gasteiger partial charge < -0.3 is 19.7 Å². The van der Waals surface area contributed by atoms with Gasteiger partial charge in [-0.05, 0) is 32.3 Å². The standard InChI is InChI=1S/C14H20O5/c1-8-4-3-5-14(19-8)6-9-10(7-18-14)12(16)13(2,17)11(9)15/h8,11,15,17H,3-7H2,1-2H3. The first-order valence-corrected chi connectivity index (χ1v) is 6.85. The predicted octanol–water partition coefficient (Wildman–Crippen LogP) is 0.683. The topological polar surface area (TPSA) is 76.0 Å². The molecule has 3 aliphatic rings. The first-order chi connectivity index (χ1) is 8.86. The van der Waals surface area contributed by atoms with Crippen LogP contribution in [-0.2, 0) is 14.3 Å². The molecule has 2 heterocycles. The van der Waals surface area contributed by atoms with Crippen molar-refractivity contribution in [3.8, 4) is 0 Å². The second-order valence-corrected chi connectivity index (χ2v) is 6.08. The number of aliphatic hydroxyl groups is 2. The quantitative estimate of drug-likeness (QED) is 0.676. The normalized spacial score (nSPS) is 46.8. The zero-order valence-electron chi connectivity index (χ0n) is 11.3. The fourth-order valence-electron chi connectivity index (χ4n) is 3.37. The van der Waals surface area contributed by atoms with Crippen LogP contribution < -0.4 is 0 Å². The number of hydrogen-bond acceptors (Lipinski definition) is 5. The van der Waals surface area contributed by atoms with Crippen molar-refractivity contribution in [3.63, 3.8) is 0 Å². The van der Waals surface area contributed by atoms with Crippen LogP contribution in [0.2, 0.25) is 0 Å². The molecule has 19 heavy (non-hydrogen) atoms. The molecule has 2 N–H and O–H groups in total. The van der Waals surface area contributed by atoms with Crippen LogP contribution in [0.25, 0.3) is 0 Å². The number of Topliss-reactive ketones (excluding diaryl/α,β-unsaturated/α-hetero) is 1. The first-order valence-electron chi connectivity index (χ1n) is 6.85. The van der Waals surface area contributed by atoms with Crippen LogP contribution in [0.4, 0.5) is 0 Å². The molecule has 5 heteroatoms. The van der Waals surface area contributed by atoms with Crippen LogP contribution >= 0.6 is 0 Å². The van der Waals surface area contributed by atoms with Gasteiger partial charge in [-0.3, -0.25) is 4.79 Å². The fraction of sp³-hybridized carbons (Fsp3) is 0.786. The van der Waals surface area contributed by atoms with E-state index >= 15 is 0 Å². The summed E-state index contributed by atoms with van der Waals surface area (Å²) in [6.45, 7) is 3.48. The molecule has 1 aliphatic carbocycles. The average molecular weight is 268 g/mol. The lowest BCUT2D eigenvalue weighted by atomic mass is 9.90. The predicted molar refractivity (Wildman–Crippen MR) is 66.4 cm³/mol. The summed E-state index contributed by atoms with van der Waals surface area (Å²) in [4.78, 5) is 12.0. The van der Waals surface area contributed by atoms with Crippen LogP contribution in [-0.4, -0.2) is 46.2 Å². The minimum Gasteiger partial charge on any atom is -0.385 e. The average Bonchev–Trinajstić information content (AvgIpc) is 2.51. The van der Waals surface area contributed by atoms with Gasteiger partial charge >= 0.3 is 0 Å². The molecule has 0 bridgehead atoms. The van der Waals surface area contributed by atoms with Crippen LogP contribution in [0.15, 0.2) is 11.1 Å². The molecule has 3 rings (SSSR count). The third kappa shape index (κ3) is 1.88. The smallest absolute Gasteiger partial charge is 0.195 e. The Bertz CT molecular complexity index is 453. The summed E-state index contributed by atoms with van der Waals surface area (Å²) in [5.74, 6) is -1.15. The van der Waals surface area contributed by atoms with E-state index in [0.717, 1.165) is 19.3 Å². The Morgan fingerprint density at radius 1 is 1.42 bits per heavy atom. The molecule has 1 fully saturated rings. The van der Waals surface area contributed by atoms with Gasteiger partial charge in [-0.15, -0.1) is 0 Å². The van der Waals surface area contributed by atoms with Gasteiger partial charge in [0.1, 0.15) is 6.10 Å². The summed E-state index contributed by atoms with van der Waals surface area (Å²) in [7, 11) is 0. The van der Waals surface area contributed by atoms with Gasteiger partial charge in [-0.1, -0.05) is 0 Å². The van der Waals surface area contributed by atoms with Crippen molar-refractivity contribution in [2.24, 2.45) is 0 Å². The fourth-order valence-corrected chi connectivity index (χ4v) is 3.37. The number of rotatable bonds is 0. The number of ether oxygens (including phenoxy) is 2. The zero-order chi connectivity index (χ0) is 13.8. The number of carbonyl (C=O) groups excluding carboxylic acids is 1. The van der Waals surface area contributed by atoms with Crippen molar-refractivity contribution in [1.82, 2.24) is 0 Å².